The van der Waals surface area contributed by atoms with Crippen molar-refractivity contribution in [2.24, 2.45) is 4.99 Å². The molecule has 2 aliphatic rings. The van der Waals surface area contributed by atoms with E-state index in [1.54, 1.807) is 31.2 Å². The second-order valence-electron chi connectivity index (χ2n) is 8.59. The Morgan fingerprint density at radius 3 is 2.59 bits per heavy atom. The number of allylic oxidation sites excluding steroid dienone is 1. The topological polar surface area (TPSA) is 109 Å². The third kappa shape index (κ3) is 3.88. The molecule has 9 nitrogen and oxygen atoms in total. The Kier molecular flexibility index (Phi) is 6.28. The minimum atomic E-state index is -1.38. The number of hydrogen-bond donors (Lipinski definition) is 1. The van der Waals surface area contributed by atoms with Crippen LogP contribution in [0.15, 0.2) is 57.5 Å². The summed E-state index contributed by atoms with van der Waals surface area (Å²) < 4.78 is 24.3. The molecule has 0 spiro atoms. The number of thiazole rings is 1. The van der Waals surface area contributed by atoms with Gasteiger partial charge in [0.1, 0.15) is 30.3 Å². The quantitative estimate of drug-likeness (QED) is 0.530. The van der Waals surface area contributed by atoms with Crippen LogP contribution in [-0.2, 0) is 10.3 Å². The van der Waals surface area contributed by atoms with Crippen molar-refractivity contribution in [3.8, 4) is 23.0 Å². The highest BCUT2D eigenvalue weighted by Crippen LogP contribution is 2.44. The first-order chi connectivity index (χ1) is 17.8. The molecule has 3 heterocycles. The monoisotopic (exact) mass is 522 g/mol. The van der Waals surface area contributed by atoms with Crippen LogP contribution in [0.2, 0.25) is 0 Å². The lowest BCUT2D eigenvalue weighted by atomic mass is 9.77. The van der Waals surface area contributed by atoms with Crippen molar-refractivity contribution in [2.45, 2.75) is 25.8 Å². The van der Waals surface area contributed by atoms with E-state index in [4.69, 9.17) is 18.9 Å². The molecule has 2 aromatic carbocycles. The molecule has 3 aromatic rings. The summed E-state index contributed by atoms with van der Waals surface area (Å²) in [5.41, 5.74) is -0.123. The summed E-state index contributed by atoms with van der Waals surface area (Å²) in [7, 11) is 3.04. The number of fused-ring (bicyclic) bond motifs is 2. The van der Waals surface area contributed by atoms with Crippen molar-refractivity contribution in [2.75, 3.05) is 27.4 Å². The summed E-state index contributed by atoms with van der Waals surface area (Å²) in [5.74, 6) is 1.07. The molecule has 2 aliphatic heterocycles. The predicted octanol–water partition coefficient (Wildman–Crippen LogP) is 2.67. The lowest BCUT2D eigenvalue weighted by molar-refractivity contribution is -0.133. The lowest BCUT2D eigenvalue weighted by Gasteiger charge is -2.38. The number of nitrogens with zero attached hydrogens (tertiary/aromatic N) is 2. The number of hydrogen-bond acceptors (Lipinski definition) is 8. The van der Waals surface area contributed by atoms with Gasteiger partial charge in [-0.25, -0.2) is 9.79 Å². The third-order valence-electron chi connectivity index (χ3n) is 6.67. The zero-order valence-corrected chi connectivity index (χ0v) is 21.7. The van der Waals surface area contributed by atoms with Crippen LogP contribution in [0.5, 0.6) is 23.0 Å². The summed E-state index contributed by atoms with van der Waals surface area (Å²) in [5, 5.41) is 10.4. The van der Waals surface area contributed by atoms with E-state index < -0.39 is 11.5 Å². The molecule has 5 rings (SSSR count). The van der Waals surface area contributed by atoms with Gasteiger partial charge in [0.25, 0.3) is 5.56 Å². The molecule has 10 heteroatoms. The van der Waals surface area contributed by atoms with Gasteiger partial charge in [0, 0.05) is 5.56 Å². The van der Waals surface area contributed by atoms with E-state index in [9.17, 15) is 14.7 Å². The number of methoxy groups -OCH3 is 2. The second kappa shape index (κ2) is 9.44. The van der Waals surface area contributed by atoms with Crippen molar-refractivity contribution in [3.05, 3.63) is 78.5 Å². The Labute approximate surface area is 216 Å². The molecule has 37 heavy (non-hydrogen) atoms. The van der Waals surface area contributed by atoms with Gasteiger partial charge in [-0.15, -0.1) is 0 Å². The number of carboxylic acid groups (broad SMARTS) is 1. The largest absolute Gasteiger partial charge is 0.497 e. The Balaban J connectivity index is 1.81. The summed E-state index contributed by atoms with van der Waals surface area (Å²) in [4.78, 5) is 31.7. The van der Waals surface area contributed by atoms with Gasteiger partial charge in [0.15, 0.2) is 16.3 Å². The molecule has 0 saturated heterocycles. The molecule has 1 atom stereocenters. The first-order valence-electron chi connectivity index (χ1n) is 11.7. The van der Waals surface area contributed by atoms with E-state index in [0.717, 1.165) is 5.56 Å². The van der Waals surface area contributed by atoms with Crippen LogP contribution >= 0.6 is 11.3 Å². The van der Waals surface area contributed by atoms with Crippen LogP contribution in [0.3, 0.4) is 0 Å². The van der Waals surface area contributed by atoms with Crippen molar-refractivity contribution in [3.63, 3.8) is 0 Å². The first kappa shape index (κ1) is 24.6. The fourth-order valence-electron chi connectivity index (χ4n) is 5.05. The van der Waals surface area contributed by atoms with Crippen LogP contribution in [0.1, 0.15) is 31.4 Å². The number of carboxylic acids is 1. The molecule has 1 aromatic heterocycles. The molecule has 0 bridgehead atoms. The van der Waals surface area contributed by atoms with Crippen molar-refractivity contribution in [1.29, 1.82) is 0 Å². The number of ether oxygens (including phenoxy) is 4. The molecular formula is C27H26N2O7S. The molecule has 1 unspecified atom stereocenters. The standard InChI is InChI=1S/C27H26N2O7S/c1-5-27(18-14-17(33-3)7-9-19(18)34-4)23(25(31)32)15(2)28-26-29(27)24(30)22(37-26)13-16-6-8-20-21(12-16)36-11-10-35-20/h6-9,12-14H,5,10-11H2,1-4H3,(H,31,32). The van der Waals surface area contributed by atoms with Crippen LogP contribution < -0.4 is 33.8 Å². The van der Waals surface area contributed by atoms with Crippen LogP contribution in [0.4, 0.5) is 0 Å². The van der Waals surface area contributed by atoms with Crippen molar-refractivity contribution in [1.82, 2.24) is 4.57 Å². The van der Waals surface area contributed by atoms with E-state index in [0.29, 0.717) is 56.8 Å². The number of aromatic nitrogens is 1. The fourth-order valence-corrected chi connectivity index (χ4v) is 6.13. The van der Waals surface area contributed by atoms with Crippen molar-refractivity contribution >= 4 is 23.4 Å². The Morgan fingerprint density at radius 2 is 1.92 bits per heavy atom. The molecule has 0 saturated carbocycles. The van der Waals surface area contributed by atoms with Gasteiger partial charge < -0.3 is 24.1 Å². The number of benzene rings is 2. The van der Waals surface area contributed by atoms with Crippen molar-refractivity contribution < 1.29 is 28.8 Å². The Morgan fingerprint density at radius 1 is 1.16 bits per heavy atom. The summed E-state index contributed by atoms with van der Waals surface area (Å²) >= 11 is 1.20. The second-order valence-corrected chi connectivity index (χ2v) is 9.60. The van der Waals surface area contributed by atoms with Crippen LogP contribution in [-0.4, -0.2) is 43.1 Å². The van der Waals surface area contributed by atoms with Gasteiger partial charge in [0.2, 0.25) is 0 Å². The minimum Gasteiger partial charge on any atom is -0.497 e. The highest BCUT2D eigenvalue weighted by Gasteiger charge is 2.47. The van der Waals surface area contributed by atoms with Gasteiger partial charge in [-0.3, -0.25) is 9.36 Å². The number of aliphatic carboxylic acids is 1. The molecule has 0 amide bonds. The normalized spacial score (nSPS) is 18.8. The lowest BCUT2D eigenvalue weighted by Crippen LogP contribution is -2.52. The third-order valence-corrected chi connectivity index (χ3v) is 7.64. The molecule has 0 fully saturated rings. The van der Waals surface area contributed by atoms with E-state index in [1.165, 1.54) is 30.1 Å². The predicted molar refractivity (Wildman–Crippen MR) is 138 cm³/mol. The fraction of sp³-hybridized carbons (Fsp3) is 0.296. The average Bonchev–Trinajstić information content (AvgIpc) is 3.21. The number of carbonyl (C=O) groups is 1. The SMILES string of the molecule is CCC1(c2cc(OC)ccc2OC)C(C(=O)O)=C(C)N=c2sc(=Cc3ccc4c(c3)OCCO4)c(=O)n21. The average molecular weight is 523 g/mol. The smallest absolute Gasteiger partial charge is 0.336 e. The summed E-state index contributed by atoms with van der Waals surface area (Å²) in [6.45, 7) is 4.44. The van der Waals surface area contributed by atoms with E-state index in [-0.39, 0.29) is 17.6 Å². The maximum atomic E-state index is 14.0. The molecule has 1 N–H and O–H groups in total. The van der Waals surface area contributed by atoms with Gasteiger partial charge in [-0.05, 0) is 55.3 Å². The summed E-state index contributed by atoms with van der Waals surface area (Å²) in [6.07, 6.45) is 2.02. The maximum Gasteiger partial charge on any atom is 0.336 e. The van der Waals surface area contributed by atoms with Crippen LogP contribution in [0, 0.1) is 0 Å². The van der Waals surface area contributed by atoms with E-state index in [1.807, 2.05) is 25.1 Å². The number of rotatable bonds is 6. The first-order valence-corrected chi connectivity index (χ1v) is 12.5. The van der Waals surface area contributed by atoms with Gasteiger partial charge in [-0.2, -0.15) is 0 Å². The highest BCUT2D eigenvalue weighted by molar-refractivity contribution is 7.07. The molecular weight excluding hydrogens is 496 g/mol. The summed E-state index contributed by atoms with van der Waals surface area (Å²) in [6, 6.07) is 10.6. The van der Waals surface area contributed by atoms with Gasteiger partial charge >= 0.3 is 5.97 Å². The Hall–Kier alpha value is -4.05. The van der Waals surface area contributed by atoms with E-state index in [2.05, 4.69) is 4.99 Å². The van der Waals surface area contributed by atoms with Gasteiger partial charge in [0.05, 0.1) is 30.0 Å². The molecule has 192 valence electrons. The Bertz CT molecular complexity index is 1620. The van der Waals surface area contributed by atoms with Gasteiger partial charge in [-0.1, -0.05) is 24.3 Å². The zero-order valence-electron chi connectivity index (χ0n) is 20.9. The molecule has 0 aliphatic carbocycles. The van der Waals surface area contributed by atoms with Crippen LogP contribution in [0.25, 0.3) is 6.08 Å². The van der Waals surface area contributed by atoms with E-state index >= 15 is 0 Å². The zero-order chi connectivity index (χ0) is 26.3. The molecule has 0 radical (unpaired) electrons. The maximum absolute atomic E-state index is 14.0. The minimum absolute atomic E-state index is 0.0137. The highest BCUT2D eigenvalue weighted by atomic mass is 32.1.